The highest BCUT2D eigenvalue weighted by Gasteiger charge is 2.12. The van der Waals surface area contributed by atoms with E-state index < -0.39 is 0 Å². The fourth-order valence-corrected chi connectivity index (χ4v) is 4.47. The average Bonchev–Trinajstić information content (AvgIpc) is 3.22. The van der Waals surface area contributed by atoms with Gasteiger partial charge in [0.05, 0.1) is 19.0 Å². The Hall–Kier alpha value is -3.16. The quantitative estimate of drug-likeness (QED) is 0.325. The molecule has 0 unspecified atom stereocenters. The molecule has 0 saturated carbocycles. The SMILES string of the molecule is COc1ccccc1-c1csc(=NCCc2ccccc2)n1N=Cc1cc(Br)ccc1O. The number of benzene rings is 3. The molecule has 0 saturated heterocycles. The molecule has 0 fully saturated rings. The summed E-state index contributed by atoms with van der Waals surface area (Å²) in [5.74, 6) is 0.921. The molecule has 162 valence electrons. The highest BCUT2D eigenvalue weighted by Crippen LogP contribution is 2.30. The van der Waals surface area contributed by atoms with Crippen molar-refractivity contribution in [3.63, 3.8) is 0 Å². The Balaban J connectivity index is 1.75. The number of methoxy groups -OCH3 is 1. The van der Waals surface area contributed by atoms with E-state index >= 15 is 0 Å². The molecule has 4 aromatic rings. The number of hydrogen-bond donors (Lipinski definition) is 1. The molecule has 0 aliphatic heterocycles. The van der Waals surface area contributed by atoms with E-state index in [1.165, 1.54) is 16.9 Å². The van der Waals surface area contributed by atoms with Crippen LogP contribution in [0.5, 0.6) is 11.5 Å². The van der Waals surface area contributed by atoms with Crippen LogP contribution >= 0.6 is 27.3 Å². The topological polar surface area (TPSA) is 59.1 Å². The van der Waals surface area contributed by atoms with Crippen LogP contribution in [0.2, 0.25) is 0 Å². The second-order valence-corrected chi connectivity index (χ2v) is 8.73. The lowest BCUT2D eigenvalue weighted by molar-refractivity contribution is 0.416. The highest BCUT2D eigenvalue weighted by molar-refractivity contribution is 9.10. The fourth-order valence-electron chi connectivity index (χ4n) is 3.24. The van der Waals surface area contributed by atoms with Crippen LogP contribution in [0.1, 0.15) is 11.1 Å². The lowest BCUT2D eigenvalue weighted by Crippen LogP contribution is -2.13. The number of thiazole rings is 1. The van der Waals surface area contributed by atoms with Crippen LogP contribution in [-0.2, 0) is 6.42 Å². The fraction of sp³-hybridized carbons (Fsp3) is 0.120. The van der Waals surface area contributed by atoms with E-state index in [0.717, 1.165) is 32.7 Å². The van der Waals surface area contributed by atoms with Crippen LogP contribution in [0.3, 0.4) is 0 Å². The minimum atomic E-state index is 0.161. The summed E-state index contributed by atoms with van der Waals surface area (Å²) in [4.78, 5) is 5.58. The maximum Gasteiger partial charge on any atom is 0.206 e. The van der Waals surface area contributed by atoms with Crippen LogP contribution in [0.4, 0.5) is 0 Å². The molecule has 0 bridgehead atoms. The zero-order chi connectivity index (χ0) is 22.3. The number of ether oxygens (including phenoxy) is 1. The standard InChI is InChI=1S/C25H22BrN3O2S/c1-31-24-10-6-5-9-21(24)22-17-32-25(27-14-13-18-7-3-2-4-8-18)29(22)28-16-19-15-20(26)11-12-23(19)30/h2-12,15-17,30H,13-14H2,1H3. The molecular weight excluding hydrogens is 486 g/mol. The molecule has 0 atom stereocenters. The maximum atomic E-state index is 10.2. The summed E-state index contributed by atoms with van der Waals surface area (Å²) in [6.07, 6.45) is 2.49. The van der Waals surface area contributed by atoms with Crippen molar-refractivity contribution in [3.8, 4) is 22.8 Å². The van der Waals surface area contributed by atoms with Crippen molar-refractivity contribution in [2.24, 2.45) is 10.1 Å². The molecule has 7 heteroatoms. The van der Waals surface area contributed by atoms with Crippen molar-refractivity contribution < 1.29 is 9.84 Å². The first-order chi connectivity index (χ1) is 15.7. The molecule has 0 aliphatic carbocycles. The molecular formula is C25H22BrN3O2S. The smallest absolute Gasteiger partial charge is 0.206 e. The first-order valence-electron chi connectivity index (χ1n) is 10.1. The van der Waals surface area contributed by atoms with Crippen molar-refractivity contribution in [2.75, 3.05) is 13.7 Å². The van der Waals surface area contributed by atoms with Gasteiger partial charge in [-0.1, -0.05) is 58.4 Å². The molecule has 0 aliphatic rings. The summed E-state index contributed by atoms with van der Waals surface area (Å²) in [6, 6.07) is 23.4. The lowest BCUT2D eigenvalue weighted by Gasteiger charge is -2.09. The summed E-state index contributed by atoms with van der Waals surface area (Å²) >= 11 is 4.97. The van der Waals surface area contributed by atoms with Gasteiger partial charge < -0.3 is 9.84 Å². The minimum absolute atomic E-state index is 0.161. The number of aromatic hydroxyl groups is 1. The predicted molar refractivity (Wildman–Crippen MR) is 134 cm³/mol. The second kappa shape index (κ2) is 10.4. The van der Waals surface area contributed by atoms with Gasteiger partial charge in [0.25, 0.3) is 0 Å². The van der Waals surface area contributed by atoms with Gasteiger partial charge >= 0.3 is 0 Å². The molecule has 1 N–H and O–H groups in total. The van der Waals surface area contributed by atoms with Crippen molar-refractivity contribution >= 4 is 33.5 Å². The average molecular weight is 508 g/mol. The van der Waals surface area contributed by atoms with Crippen LogP contribution < -0.4 is 9.54 Å². The monoisotopic (exact) mass is 507 g/mol. The van der Waals surface area contributed by atoms with E-state index in [2.05, 4.69) is 33.2 Å². The van der Waals surface area contributed by atoms with Gasteiger partial charge in [-0.2, -0.15) is 5.10 Å². The maximum absolute atomic E-state index is 10.2. The molecule has 5 nitrogen and oxygen atoms in total. The first kappa shape index (κ1) is 22.0. The third-order valence-corrected chi connectivity index (χ3v) is 6.21. The normalized spacial score (nSPS) is 11.9. The molecule has 3 aromatic carbocycles. The Morgan fingerprint density at radius 1 is 1.06 bits per heavy atom. The lowest BCUT2D eigenvalue weighted by atomic mass is 10.1. The van der Waals surface area contributed by atoms with Gasteiger partial charge in [0.1, 0.15) is 11.5 Å². The molecule has 1 aromatic heterocycles. The number of para-hydroxylation sites is 1. The number of aromatic nitrogens is 1. The largest absolute Gasteiger partial charge is 0.507 e. The van der Waals surface area contributed by atoms with Crippen LogP contribution in [-0.4, -0.2) is 29.7 Å². The molecule has 4 rings (SSSR count). The van der Waals surface area contributed by atoms with Crippen molar-refractivity contribution in [1.82, 2.24) is 4.68 Å². The van der Waals surface area contributed by atoms with Crippen molar-refractivity contribution in [1.29, 1.82) is 0 Å². The summed E-state index contributed by atoms with van der Waals surface area (Å²) in [6.45, 7) is 0.646. The van der Waals surface area contributed by atoms with Gasteiger partial charge in [-0.05, 0) is 42.3 Å². The molecule has 0 spiro atoms. The van der Waals surface area contributed by atoms with Crippen LogP contribution in [0, 0.1) is 0 Å². The van der Waals surface area contributed by atoms with E-state index in [-0.39, 0.29) is 5.75 Å². The van der Waals surface area contributed by atoms with E-state index in [9.17, 15) is 5.11 Å². The number of phenols is 1. The Morgan fingerprint density at radius 3 is 2.66 bits per heavy atom. The predicted octanol–water partition coefficient (Wildman–Crippen LogP) is 5.72. The number of hydrogen-bond acceptors (Lipinski definition) is 5. The van der Waals surface area contributed by atoms with Gasteiger partial charge in [-0.3, -0.25) is 4.99 Å². The summed E-state index contributed by atoms with van der Waals surface area (Å²) < 4.78 is 8.23. The summed E-state index contributed by atoms with van der Waals surface area (Å²) in [5, 5.41) is 16.9. The van der Waals surface area contributed by atoms with Gasteiger partial charge in [-0.15, -0.1) is 11.3 Å². The van der Waals surface area contributed by atoms with Crippen LogP contribution in [0.25, 0.3) is 11.3 Å². The van der Waals surface area contributed by atoms with Gasteiger partial charge in [0.15, 0.2) is 0 Å². The summed E-state index contributed by atoms with van der Waals surface area (Å²) in [5.41, 5.74) is 3.65. The van der Waals surface area contributed by atoms with E-state index in [4.69, 9.17) is 9.73 Å². The number of nitrogens with zero attached hydrogens (tertiary/aromatic N) is 3. The molecule has 1 heterocycles. The van der Waals surface area contributed by atoms with Crippen molar-refractivity contribution in [2.45, 2.75) is 6.42 Å². The third-order valence-electron chi connectivity index (χ3n) is 4.86. The van der Waals surface area contributed by atoms with Gasteiger partial charge in [0, 0.05) is 27.5 Å². The number of phenolic OH excluding ortho intramolecular Hbond substituents is 1. The Morgan fingerprint density at radius 2 is 1.84 bits per heavy atom. The zero-order valence-corrected chi connectivity index (χ0v) is 19.9. The molecule has 0 radical (unpaired) electrons. The highest BCUT2D eigenvalue weighted by atomic mass is 79.9. The molecule has 0 amide bonds. The summed E-state index contributed by atoms with van der Waals surface area (Å²) in [7, 11) is 1.66. The first-order valence-corrected chi connectivity index (χ1v) is 11.7. The van der Waals surface area contributed by atoms with E-state index in [1.54, 1.807) is 30.1 Å². The zero-order valence-electron chi connectivity index (χ0n) is 17.5. The molecule has 32 heavy (non-hydrogen) atoms. The Kier molecular flexibility index (Phi) is 7.19. The number of halogens is 1. The van der Waals surface area contributed by atoms with Gasteiger partial charge in [-0.25, -0.2) is 4.68 Å². The Bertz CT molecular complexity index is 1300. The second-order valence-electron chi connectivity index (χ2n) is 6.98. The van der Waals surface area contributed by atoms with E-state index in [1.807, 2.05) is 53.9 Å². The number of rotatable bonds is 7. The van der Waals surface area contributed by atoms with Crippen molar-refractivity contribution in [3.05, 3.63) is 98.6 Å². The van der Waals surface area contributed by atoms with Crippen LogP contribution in [0.15, 0.2) is 92.7 Å². The third kappa shape index (κ3) is 5.18. The van der Waals surface area contributed by atoms with E-state index in [0.29, 0.717) is 12.1 Å². The minimum Gasteiger partial charge on any atom is -0.507 e. The van der Waals surface area contributed by atoms with Gasteiger partial charge in [0.2, 0.25) is 4.80 Å². The Labute approximate surface area is 199 Å².